The Kier molecular flexibility index (Phi) is 4.80. The highest BCUT2D eigenvalue weighted by Crippen LogP contribution is 2.25. The van der Waals surface area contributed by atoms with Gasteiger partial charge in [-0.25, -0.2) is 0 Å². The van der Waals surface area contributed by atoms with Crippen LogP contribution in [0.25, 0.3) is 0 Å². The maximum atomic E-state index is 9.39. The van der Waals surface area contributed by atoms with Crippen LogP contribution in [0.2, 0.25) is 0 Å². The van der Waals surface area contributed by atoms with Gasteiger partial charge in [-0.15, -0.1) is 0 Å². The van der Waals surface area contributed by atoms with Crippen LogP contribution >= 0.6 is 0 Å². The molecule has 0 saturated heterocycles. The van der Waals surface area contributed by atoms with E-state index in [1.165, 1.54) is 16.7 Å². The first kappa shape index (κ1) is 14.6. The molecule has 2 aromatic rings. The van der Waals surface area contributed by atoms with Gasteiger partial charge < -0.3 is 10.4 Å². The summed E-state index contributed by atoms with van der Waals surface area (Å²) in [5.74, 6) is 0.315. The van der Waals surface area contributed by atoms with Crippen molar-refractivity contribution in [1.29, 1.82) is 0 Å². The zero-order chi connectivity index (χ0) is 14.5. The van der Waals surface area contributed by atoms with Crippen molar-refractivity contribution in [2.75, 3.05) is 0 Å². The third-order valence-corrected chi connectivity index (χ3v) is 3.81. The predicted molar refractivity (Wildman–Crippen MR) is 83.9 cm³/mol. The zero-order valence-corrected chi connectivity index (χ0v) is 12.4. The second-order valence-corrected chi connectivity index (χ2v) is 5.30. The van der Waals surface area contributed by atoms with Crippen molar-refractivity contribution in [1.82, 2.24) is 5.32 Å². The summed E-state index contributed by atoms with van der Waals surface area (Å²) in [5.41, 5.74) is 3.86. The van der Waals surface area contributed by atoms with E-state index in [-0.39, 0.29) is 0 Å². The summed E-state index contributed by atoms with van der Waals surface area (Å²) in [5, 5.41) is 13.1. The van der Waals surface area contributed by atoms with Crippen LogP contribution in [-0.4, -0.2) is 5.11 Å². The smallest absolute Gasteiger partial charge is 0.115 e. The standard InChI is InChI=1S/C18H23NO/c1-4-18(15-9-11-16(20)12-10-15)19-14(3)17-8-6-5-7-13(17)2/h5-12,14,18-20H,4H2,1-3H3/t14-,18?/m1/s1. The first-order valence-electron chi connectivity index (χ1n) is 7.22. The SMILES string of the molecule is CCC(N[C@H](C)c1ccccc1C)c1ccc(O)cc1. The van der Waals surface area contributed by atoms with Gasteiger partial charge in [0, 0.05) is 12.1 Å². The lowest BCUT2D eigenvalue weighted by molar-refractivity contribution is 0.452. The van der Waals surface area contributed by atoms with Crippen molar-refractivity contribution in [3.63, 3.8) is 0 Å². The number of hydrogen-bond donors (Lipinski definition) is 2. The molecule has 0 heterocycles. The molecule has 0 spiro atoms. The van der Waals surface area contributed by atoms with E-state index in [0.717, 1.165) is 6.42 Å². The number of phenols is 1. The molecule has 106 valence electrons. The molecule has 2 N–H and O–H groups in total. The van der Waals surface area contributed by atoms with Crippen LogP contribution in [-0.2, 0) is 0 Å². The average Bonchev–Trinajstić information content (AvgIpc) is 2.46. The van der Waals surface area contributed by atoms with E-state index in [1.54, 1.807) is 12.1 Å². The van der Waals surface area contributed by atoms with Crippen LogP contribution < -0.4 is 5.32 Å². The molecule has 0 aromatic heterocycles. The van der Waals surface area contributed by atoms with Gasteiger partial charge in [0.1, 0.15) is 5.75 Å². The highest BCUT2D eigenvalue weighted by Gasteiger charge is 2.14. The highest BCUT2D eigenvalue weighted by atomic mass is 16.3. The summed E-state index contributed by atoms with van der Waals surface area (Å²) in [6, 6.07) is 16.6. The molecule has 0 aliphatic rings. The summed E-state index contributed by atoms with van der Waals surface area (Å²) >= 11 is 0. The summed E-state index contributed by atoms with van der Waals surface area (Å²) in [7, 11) is 0. The number of hydrogen-bond acceptors (Lipinski definition) is 2. The zero-order valence-electron chi connectivity index (χ0n) is 12.4. The van der Waals surface area contributed by atoms with Crippen molar-refractivity contribution >= 4 is 0 Å². The number of nitrogens with one attached hydrogen (secondary N) is 1. The van der Waals surface area contributed by atoms with E-state index in [4.69, 9.17) is 0 Å². The predicted octanol–water partition coefficient (Wildman–Crippen LogP) is 4.50. The molecular weight excluding hydrogens is 246 g/mol. The molecule has 2 heteroatoms. The Morgan fingerprint density at radius 3 is 2.30 bits per heavy atom. The van der Waals surface area contributed by atoms with E-state index < -0.39 is 0 Å². The van der Waals surface area contributed by atoms with Gasteiger partial charge in [-0.05, 0) is 49.1 Å². The maximum Gasteiger partial charge on any atom is 0.115 e. The molecule has 2 nitrogen and oxygen atoms in total. The summed E-state index contributed by atoms with van der Waals surface area (Å²) in [4.78, 5) is 0. The summed E-state index contributed by atoms with van der Waals surface area (Å²) in [6.07, 6.45) is 1.01. The Labute approximate surface area is 121 Å². The second-order valence-electron chi connectivity index (χ2n) is 5.30. The topological polar surface area (TPSA) is 32.3 Å². The van der Waals surface area contributed by atoms with Gasteiger partial charge in [0.2, 0.25) is 0 Å². The Morgan fingerprint density at radius 1 is 1.05 bits per heavy atom. The van der Waals surface area contributed by atoms with Crippen molar-refractivity contribution in [3.05, 3.63) is 65.2 Å². The fraction of sp³-hybridized carbons (Fsp3) is 0.333. The van der Waals surface area contributed by atoms with Crippen molar-refractivity contribution in [3.8, 4) is 5.75 Å². The molecular formula is C18H23NO. The Hall–Kier alpha value is -1.80. The first-order valence-corrected chi connectivity index (χ1v) is 7.22. The molecule has 1 unspecified atom stereocenters. The molecule has 0 saturated carbocycles. The Morgan fingerprint density at radius 2 is 1.70 bits per heavy atom. The lowest BCUT2D eigenvalue weighted by Crippen LogP contribution is -2.24. The molecule has 2 aromatic carbocycles. The number of aromatic hydroxyl groups is 1. The van der Waals surface area contributed by atoms with E-state index in [1.807, 2.05) is 12.1 Å². The molecule has 0 aliphatic carbocycles. The van der Waals surface area contributed by atoms with Gasteiger partial charge >= 0.3 is 0 Å². The number of aryl methyl sites for hydroxylation is 1. The maximum absolute atomic E-state index is 9.39. The van der Waals surface area contributed by atoms with E-state index in [2.05, 4.69) is 50.4 Å². The molecule has 0 amide bonds. The monoisotopic (exact) mass is 269 g/mol. The third-order valence-electron chi connectivity index (χ3n) is 3.81. The lowest BCUT2D eigenvalue weighted by atomic mass is 9.99. The molecule has 0 fully saturated rings. The van der Waals surface area contributed by atoms with Crippen LogP contribution in [0, 0.1) is 6.92 Å². The van der Waals surface area contributed by atoms with Crippen molar-refractivity contribution < 1.29 is 5.11 Å². The van der Waals surface area contributed by atoms with Gasteiger partial charge in [0.05, 0.1) is 0 Å². The highest BCUT2D eigenvalue weighted by molar-refractivity contribution is 5.30. The molecule has 0 aliphatic heterocycles. The van der Waals surface area contributed by atoms with Crippen molar-refractivity contribution in [2.45, 2.75) is 39.3 Å². The van der Waals surface area contributed by atoms with Crippen LogP contribution in [0.4, 0.5) is 0 Å². The average molecular weight is 269 g/mol. The minimum atomic E-state index is 0.296. The molecule has 20 heavy (non-hydrogen) atoms. The van der Waals surface area contributed by atoms with Crippen molar-refractivity contribution in [2.24, 2.45) is 0 Å². The van der Waals surface area contributed by atoms with Crippen LogP contribution in [0.1, 0.15) is 49.0 Å². The fourth-order valence-electron chi connectivity index (χ4n) is 2.62. The molecule has 0 radical (unpaired) electrons. The van der Waals surface area contributed by atoms with Gasteiger partial charge in [0.25, 0.3) is 0 Å². The Bertz CT molecular complexity index is 548. The van der Waals surface area contributed by atoms with Crippen LogP contribution in [0.15, 0.2) is 48.5 Å². The lowest BCUT2D eigenvalue weighted by Gasteiger charge is -2.24. The molecule has 0 bridgehead atoms. The van der Waals surface area contributed by atoms with E-state index in [0.29, 0.717) is 17.8 Å². The van der Waals surface area contributed by atoms with Gasteiger partial charge in [-0.3, -0.25) is 0 Å². The van der Waals surface area contributed by atoms with Crippen LogP contribution in [0.5, 0.6) is 5.75 Å². The fourth-order valence-corrected chi connectivity index (χ4v) is 2.62. The number of rotatable bonds is 5. The van der Waals surface area contributed by atoms with E-state index >= 15 is 0 Å². The normalized spacial score (nSPS) is 13.9. The summed E-state index contributed by atoms with van der Waals surface area (Å²) < 4.78 is 0. The summed E-state index contributed by atoms with van der Waals surface area (Å²) in [6.45, 7) is 6.52. The molecule has 2 rings (SSSR count). The number of phenolic OH excluding ortho intramolecular Hbond substituents is 1. The van der Waals surface area contributed by atoms with Gasteiger partial charge in [-0.1, -0.05) is 43.3 Å². The molecule has 2 atom stereocenters. The first-order chi connectivity index (χ1) is 9.61. The number of benzene rings is 2. The largest absolute Gasteiger partial charge is 0.508 e. The quantitative estimate of drug-likeness (QED) is 0.837. The van der Waals surface area contributed by atoms with E-state index in [9.17, 15) is 5.11 Å². The van der Waals surface area contributed by atoms with Crippen LogP contribution in [0.3, 0.4) is 0 Å². The Balaban J connectivity index is 2.14. The van der Waals surface area contributed by atoms with Gasteiger partial charge in [0.15, 0.2) is 0 Å². The minimum absolute atomic E-state index is 0.296. The third kappa shape index (κ3) is 3.40. The van der Waals surface area contributed by atoms with Gasteiger partial charge in [-0.2, -0.15) is 0 Å². The minimum Gasteiger partial charge on any atom is -0.508 e. The second kappa shape index (κ2) is 6.58.